The number of carbonyl (C=O) groups excluding carboxylic acids is 5. The zero-order valence-electron chi connectivity index (χ0n) is 31.7. The maximum atomic E-state index is 12.7. The summed E-state index contributed by atoms with van der Waals surface area (Å²) in [6.07, 6.45) is -17.3. The first-order valence-electron chi connectivity index (χ1n) is 17.9. The van der Waals surface area contributed by atoms with Gasteiger partial charge in [0.25, 0.3) is 0 Å². The smallest absolute Gasteiger partial charge is 0.335 e. The van der Waals surface area contributed by atoms with Crippen LogP contribution in [0.3, 0.4) is 0 Å². The molecule has 0 unspecified atom stereocenters. The molecule has 3 aliphatic rings. The van der Waals surface area contributed by atoms with Gasteiger partial charge in [0.1, 0.15) is 42.5 Å². The third-order valence-corrected chi connectivity index (χ3v) is 8.91. The van der Waals surface area contributed by atoms with E-state index in [1.54, 1.807) is 6.92 Å². The van der Waals surface area contributed by atoms with Crippen LogP contribution in [0.2, 0.25) is 0 Å². The van der Waals surface area contributed by atoms with Crippen LogP contribution in [-0.4, -0.2) is 167 Å². The molecule has 3 saturated heterocycles. The van der Waals surface area contributed by atoms with E-state index in [9.17, 15) is 49.2 Å². The standard InChI is InChI=1S/C33H55N5O17/c1-12(39)11-19(44)38-20-21(35-15(4)40)32(55-29(25(20)46)30(47)48)53-26-14(3)51-33(23(37-17(6)42)28(26)52-18(7)43)54-27-22(36-16(5)41)31(49-10-8-9-34)50-13(2)24(27)45/h12-14,20-29,31-33,39,45-46H,8-11,34H2,1-7H3,(H,35,40)(H,36,41)(H,37,42)(H,38,44)(H,47,48)/t12-,13-,14+,20-,21-,22-,23+,24-,25+,26-,27-,28+,29+,31+,32-,33+/m1/s1. The molecule has 0 aromatic heterocycles. The van der Waals surface area contributed by atoms with Gasteiger partial charge in [-0.25, -0.2) is 4.79 Å². The molecule has 4 amide bonds. The van der Waals surface area contributed by atoms with Crippen LogP contribution >= 0.6 is 0 Å². The van der Waals surface area contributed by atoms with Gasteiger partial charge in [0, 0.05) is 27.7 Å². The van der Waals surface area contributed by atoms with Crippen LogP contribution < -0.4 is 27.0 Å². The van der Waals surface area contributed by atoms with E-state index in [4.69, 9.17) is 38.9 Å². The molecule has 3 rings (SSSR count). The van der Waals surface area contributed by atoms with Crippen molar-refractivity contribution in [2.75, 3.05) is 13.2 Å². The first kappa shape index (κ1) is 45.8. The fraction of sp³-hybridized carbons (Fsp3) is 0.818. The molecule has 0 spiro atoms. The molecule has 22 nitrogen and oxygen atoms in total. The summed E-state index contributed by atoms with van der Waals surface area (Å²) in [5, 5.41) is 52.2. The van der Waals surface area contributed by atoms with E-state index in [2.05, 4.69) is 21.3 Å². The highest BCUT2D eigenvalue weighted by Gasteiger charge is 2.56. The maximum Gasteiger partial charge on any atom is 0.335 e. The van der Waals surface area contributed by atoms with Crippen molar-refractivity contribution in [3.8, 4) is 0 Å². The minimum atomic E-state index is -2.02. The van der Waals surface area contributed by atoms with Crippen LogP contribution in [0.1, 0.15) is 61.3 Å². The molecule has 3 aliphatic heterocycles. The van der Waals surface area contributed by atoms with Crippen LogP contribution in [0.25, 0.3) is 0 Å². The Morgan fingerprint density at radius 2 is 1.24 bits per heavy atom. The van der Waals surface area contributed by atoms with Crippen molar-refractivity contribution in [3.05, 3.63) is 0 Å². The monoisotopic (exact) mass is 793 g/mol. The number of hydrogen-bond acceptors (Lipinski definition) is 17. The summed E-state index contributed by atoms with van der Waals surface area (Å²) in [7, 11) is 0. The van der Waals surface area contributed by atoms with Crippen LogP contribution in [0.4, 0.5) is 0 Å². The molecule has 3 heterocycles. The van der Waals surface area contributed by atoms with E-state index < -0.39 is 140 Å². The predicted molar refractivity (Wildman–Crippen MR) is 183 cm³/mol. The first-order valence-corrected chi connectivity index (χ1v) is 17.9. The van der Waals surface area contributed by atoms with E-state index in [0.717, 1.165) is 20.8 Å². The van der Waals surface area contributed by atoms with Crippen LogP contribution in [-0.2, 0) is 61.9 Å². The lowest BCUT2D eigenvalue weighted by Gasteiger charge is -2.50. The first-order chi connectivity index (χ1) is 25.7. The Balaban J connectivity index is 2.05. The van der Waals surface area contributed by atoms with Gasteiger partial charge in [0.05, 0.1) is 37.4 Å². The molecule has 314 valence electrons. The number of carboxylic acid groups (broad SMARTS) is 1. The number of hydrogen-bond donors (Lipinski definition) is 9. The van der Waals surface area contributed by atoms with Crippen molar-refractivity contribution in [2.45, 2.75) is 159 Å². The molecule has 16 atom stereocenters. The molecule has 3 fully saturated rings. The van der Waals surface area contributed by atoms with Crippen LogP contribution in [0.5, 0.6) is 0 Å². The number of carbonyl (C=O) groups is 6. The number of aliphatic hydroxyl groups is 3. The fourth-order valence-corrected chi connectivity index (χ4v) is 6.60. The Morgan fingerprint density at radius 1 is 0.709 bits per heavy atom. The Morgan fingerprint density at radius 3 is 1.76 bits per heavy atom. The highest BCUT2D eigenvalue weighted by molar-refractivity contribution is 5.79. The third kappa shape index (κ3) is 12.5. The van der Waals surface area contributed by atoms with Gasteiger partial charge in [0.15, 0.2) is 31.1 Å². The molecular weight excluding hydrogens is 738 g/mol. The van der Waals surface area contributed by atoms with Crippen molar-refractivity contribution in [1.29, 1.82) is 0 Å². The average molecular weight is 794 g/mol. The SMILES string of the molecule is CC(=O)N[C@@H]1[C@H](O[C@H]2[C@H](O)[C@@H](C)O[C@H](OCCCN)[C@@H]2NC(C)=O)O[C@@H](C)[C@@H](O[C@@H]2O[C@H](C(=O)O)[C@@H](O)[C@H](NC(=O)C[C@@H](C)O)[C@H]2NC(C)=O)[C@H]1OC(C)=O. The summed E-state index contributed by atoms with van der Waals surface area (Å²) in [4.78, 5) is 75.0. The lowest BCUT2D eigenvalue weighted by molar-refractivity contribution is -0.340. The lowest BCUT2D eigenvalue weighted by Crippen LogP contribution is -2.72. The van der Waals surface area contributed by atoms with Crippen molar-refractivity contribution in [3.63, 3.8) is 0 Å². The Kier molecular flexibility index (Phi) is 17.1. The second-order valence-corrected chi connectivity index (χ2v) is 13.8. The fourth-order valence-electron chi connectivity index (χ4n) is 6.60. The maximum absolute atomic E-state index is 12.7. The number of rotatable bonds is 16. The molecule has 10 N–H and O–H groups in total. The molecule has 22 heteroatoms. The summed E-state index contributed by atoms with van der Waals surface area (Å²) >= 11 is 0. The third-order valence-electron chi connectivity index (χ3n) is 8.91. The zero-order valence-corrected chi connectivity index (χ0v) is 31.7. The predicted octanol–water partition coefficient (Wildman–Crippen LogP) is -4.16. The van der Waals surface area contributed by atoms with Gasteiger partial charge in [-0.1, -0.05) is 0 Å². The molecule has 0 aliphatic carbocycles. The van der Waals surface area contributed by atoms with E-state index in [1.165, 1.54) is 20.8 Å². The number of carboxylic acids is 1. The lowest BCUT2D eigenvalue weighted by atomic mass is 9.92. The summed E-state index contributed by atoms with van der Waals surface area (Å²) in [5.41, 5.74) is 5.60. The average Bonchev–Trinajstić information content (AvgIpc) is 3.05. The van der Waals surface area contributed by atoms with Gasteiger partial charge in [-0.05, 0) is 33.7 Å². The van der Waals surface area contributed by atoms with Crippen molar-refractivity contribution in [2.24, 2.45) is 5.73 Å². The Hall–Kier alpha value is -3.58. The number of nitrogens with two attached hydrogens (primary N) is 1. The van der Waals surface area contributed by atoms with Gasteiger partial charge in [-0.3, -0.25) is 24.0 Å². The van der Waals surface area contributed by atoms with Crippen molar-refractivity contribution in [1.82, 2.24) is 21.3 Å². The topological polar surface area (TPSA) is 322 Å². The van der Waals surface area contributed by atoms with E-state index >= 15 is 0 Å². The normalized spacial score (nSPS) is 36.8. The van der Waals surface area contributed by atoms with Crippen molar-refractivity contribution >= 4 is 35.6 Å². The largest absolute Gasteiger partial charge is 0.479 e. The zero-order chi connectivity index (χ0) is 41.3. The summed E-state index contributed by atoms with van der Waals surface area (Å²) in [6, 6.07) is -5.58. The number of aliphatic carboxylic acids is 1. The number of ether oxygens (including phenoxy) is 7. The minimum absolute atomic E-state index is 0.138. The Bertz CT molecular complexity index is 1360. The molecular formula is C33H55N5O17. The molecule has 0 bridgehead atoms. The molecule has 0 aromatic rings. The molecule has 55 heavy (non-hydrogen) atoms. The highest BCUT2D eigenvalue weighted by atomic mass is 16.7. The van der Waals surface area contributed by atoms with Gasteiger partial charge in [0.2, 0.25) is 23.6 Å². The summed E-state index contributed by atoms with van der Waals surface area (Å²) in [6.45, 7) is 9.33. The highest BCUT2D eigenvalue weighted by Crippen LogP contribution is 2.34. The van der Waals surface area contributed by atoms with Gasteiger partial charge >= 0.3 is 11.9 Å². The quantitative estimate of drug-likeness (QED) is 0.0529. The van der Waals surface area contributed by atoms with Crippen LogP contribution in [0.15, 0.2) is 0 Å². The number of esters is 1. The second-order valence-electron chi connectivity index (χ2n) is 13.8. The molecule has 0 radical (unpaired) electrons. The number of amides is 4. The summed E-state index contributed by atoms with van der Waals surface area (Å²) in [5.74, 6) is -5.20. The number of nitrogens with one attached hydrogen (secondary N) is 4. The Labute approximate surface area is 317 Å². The van der Waals surface area contributed by atoms with Gasteiger partial charge in [-0.2, -0.15) is 0 Å². The van der Waals surface area contributed by atoms with Gasteiger partial charge < -0.3 is 80.6 Å². The molecule has 0 aromatic carbocycles. The van der Waals surface area contributed by atoms with Crippen molar-refractivity contribution < 1.29 is 82.4 Å². The number of aliphatic hydroxyl groups excluding tert-OH is 3. The van der Waals surface area contributed by atoms with E-state index in [1.807, 2.05) is 0 Å². The van der Waals surface area contributed by atoms with Gasteiger partial charge in [-0.15, -0.1) is 0 Å². The van der Waals surface area contributed by atoms with Crippen LogP contribution in [0, 0.1) is 0 Å². The molecule has 0 saturated carbocycles. The summed E-state index contributed by atoms with van der Waals surface area (Å²) < 4.78 is 41.8. The second kappa shape index (κ2) is 20.5. The minimum Gasteiger partial charge on any atom is -0.479 e. The van der Waals surface area contributed by atoms with E-state index in [0.29, 0.717) is 13.0 Å². The van der Waals surface area contributed by atoms with E-state index in [-0.39, 0.29) is 6.61 Å².